The molecule has 0 aromatic heterocycles. The second-order valence-corrected chi connectivity index (χ2v) is 11.7. The third-order valence-electron chi connectivity index (χ3n) is 6.56. The molecule has 216 valence electrons. The van der Waals surface area contributed by atoms with E-state index >= 15 is 0 Å². The summed E-state index contributed by atoms with van der Waals surface area (Å²) in [5.41, 5.74) is 4.91. The molecule has 0 bridgehead atoms. The van der Waals surface area contributed by atoms with Crippen molar-refractivity contribution in [1.29, 1.82) is 0 Å². The van der Waals surface area contributed by atoms with E-state index in [2.05, 4.69) is 20.4 Å². The van der Waals surface area contributed by atoms with Gasteiger partial charge in [0, 0.05) is 13.0 Å². The van der Waals surface area contributed by atoms with E-state index in [0.717, 1.165) is 51.0 Å². The molecule has 0 rings (SSSR count). The van der Waals surface area contributed by atoms with E-state index in [1.165, 1.54) is 77.0 Å². The van der Waals surface area contributed by atoms with Gasteiger partial charge in [0.1, 0.15) is 0 Å². The SMILES string of the molecule is C=CCN.CCCCCCCCCCCCCCCCC=CC(F)(CCCCCCCC)S(=O)(=O)O. The van der Waals surface area contributed by atoms with Crippen LogP contribution < -0.4 is 5.73 Å². The Morgan fingerprint density at radius 1 is 0.722 bits per heavy atom. The highest BCUT2D eigenvalue weighted by atomic mass is 32.2. The molecule has 0 fully saturated rings. The quantitative estimate of drug-likeness (QED) is 0.0695. The highest BCUT2D eigenvalue weighted by Crippen LogP contribution is 2.28. The summed E-state index contributed by atoms with van der Waals surface area (Å²) < 4.78 is 47.3. The predicted octanol–water partition coefficient (Wildman–Crippen LogP) is 9.85. The number of allylic oxidation sites excluding steroid dienone is 1. The maximum Gasteiger partial charge on any atom is 0.304 e. The van der Waals surface area contributed by atoms with Crippen LogP contribution in [0.25, 0.3) is 0 Å². The maximum atomic E-state index is 14.8. The summed E-state index contributed by atoms with van der Waals surface area (Å²) in [6.07, 6.45) is 28.5. The van der Waals surface area contributed by atoms with Crippen LogP contribution in [0.3, 0.4) is 0 Å². The van der Waals surface area contributed by atoms with Crippen molar-refractivity contribution >= 4 is 10.1 Å². The molecule has 0 amide bonds. The standard InChI is InChI=1S/C27H53FO3S.C3H7N/c1-3-5-7-9-11-12-13-14-15-16-17-18-19-20-22-24-26-27(28,32(29,30)31)25-23-21-10-8-6-4-2;1-2-3-4/h24,26H,3-23,25H2,1-2H3,(H,29,30,31);2H,1,3-4H2. The minimum absolute atomic E-state index is 0.160. The summed E-state index contributed by atoms with van der Waals surface area (Å²) in [5.74, 6) is 0. The van der Waals surface area contributed by atoms with Crippen LogP contribution in [0, 0.1) is 0 Å². The minimum Gasteiger partial charge on any atom is -0.327 e. The lowest BCUT2D eigenvalue weighted by Gasteiger charge is -2.18. The van der Waals surface area contributed by atoms with Gasteiger partial charge < -0.3 is 5.73 Å². The fraction of sp³-hybridized carbons (Fsp3) is 0.867. The smallest absolute Gasteiger partial charge is 0.304 e. The van der Waals surface area contributed by atoms with E-state index in [1.807, 2.05) is 0 Å². The van der Waals surface area contributed by atoms with Gasteiger partial charge in [-0.2, -0.15) is 8.42 Å². The first kappa shape index (κ1) is 37.4. The maximum absolute atomic E-state index is 14.8. The van der Waals surface area contributed by atoms with Crippen molar-refractivity contribution in [2.45, 2.75) is 160 Å². The molecule has 0 aromatic rings. The van der Waals surface area contributed by atoms with Crippen LogP contribution in [0.4, 0.5) is 4.39 Å². The van der Waals surface area contributed by atoms with E-state index in [9.17, 15) is 17.4 Å². The number of hydrogen-bond acceptors (Lipinski definition) is 3. The van der Waals surface area contributed by atoms with Crippen LogP contribution in [-0.4, -0.2) is 24.5 Å². The van der Waals surface area contributed by atoms with Gasteiger partial charge in [0.05, 0.1) is 0 Å². The van der Waals surface area contributed by atoms with E-state index in [4.69, 9.17) is 5.73 Å². The van der Waals surface area contributed by atoms with Gasteiger partial charge in [-0.15, -0.1) is 6.58 Å². The first-order valence-electron chi connectivity index (χ1n) is 14.9. The largest absolute Gasteiger partial charge is 0.327 e. The third-order valence-corrected chi connectivity index (χ3v) is 7.76. The molecule has 0 aromatic carbocycles. The molecule has 0 aliphatic heterocycles. The second-order valence-electron chi connectivity index (χ2n) is 10.1. The average molecular weight is 534 g/mol. The highest BCUT2D eigenvalue weighted by molar-refractivity contribution is 7.87. The number of halogens is 1. The highest BCUT2D eigenvalue weighted by Gasteiger charge is 2.40. The number of rotatable bonds is 25. The van der Waals surface area contributed by atoms with Crippen molar-refractivity contribution in [2.75, 3.05) is 6.54 Å². The van der Waals surface area contributed by atoms with Crippen LogP contribution in [0.15, 0.2) is 24.8 Å². The lowest BCUT2D eigenvalue weighted by molar-refractivity contribution is 0.276. The zero-order valence-corrected chi connectivity index (χ0v) is 24.6. The van der Waals surface area contributed by atoms with Crippen LogP contribution in [-0.2, 0) is 10.1 Å². The molecular weight excluding hydrogens is 473 g/mol. The molecule has 0 saturated heterocycles. The van der Waals surface area contributed by atoms with E-state index < -0.39 is 15.1 Å². The lowest BCUT2D eigenvalue weighted by Crippen LogP contribution is -2.31. The lowest BCUT2D eigenvalue weighted by atomic mass is 10.0. The molecule has 3 N–H and O–H groups in total. The number of alkyl halides is 1. The Labute approximate surface area is 224 Å². The fourth-order valence-electron chi connectivity index (χ4n) is 4.16. The molecular formula is C30H60FNO3S. The zero-order valence-electron chi connectivity index (χ0n) is 23.8. The second kappa shape index (κ2) is 27.3. The van der Waals surface area contributed by atoms with Crippen molar-refractivity contribution in [3.8, 4) is 0 Å². The molecule has 0 aliphatic rings. The normalized spacial score (nSPS) is 13.4. The van der Waals surface area contributed by atoms with E-state index in [1.54, 1.807) is 12.2 Å². The summed E-state index contributed by atoms with van der Waals surface area (Å²) in [4.78, 5) is 0. The number of nitrogens with two attached hydrogens (primary N) is 1. The Balaban J connectivity index is 0. The van der Waals surface area contributed by atoms with Crippen LogP contribution in [0.5, 0.6) is 0 Å². The molecule has 4 nitrogen and oxygen atoms in total. The predicted molar refractivity (Wildman–Crippen MR) is 157 cm³/mol. The van der Waals surface area contributed by atoms with Crippen molar-refractivity contribution in [1.82, 2.24) is 0 Å². The molecule has 0 aliphatic carbocycles. The molecule has 0 saturated carbocycles. The zero-order chi connectivity index (χ0) is 27.4. The van der Waals surface area contributed by atoms with Crippen LogP contribution in [0.1, 0.15) is 155 Å². The van der Waals surface area contributed by atoms with Crippen molar-refractivity contribution in [3.05, 3.63) is 24.8 Å². The van der Waals surface area contributed by atoms with Gasteiger partial charge in [0.2, 0.25) is 0 Å². The molecule has 36 heavy (non-hydrogen) atoms. The molecule has 1 atom stereocenters. The van der Waals surface area contributed by atoms with Gasteiger partial charge in [-0.05, 0) is 25.3 Å². The average Bonchev–Trinajstić information content (AvgIpc) is 2.85. The molecule has 0 spiro atoms. The number of hydrogen-bond donors (Lipinski definition) is 2. The van der Waals surface area contributed by atoms with Crippen LogP contribution >= 0.6 is 0 Å². The molecule has 6 heteroatoms. The van der Waals surface area contributed by atoms with Gasteiger partial charge in [-0.25, -0.2) is 4.39 Å². The fourth-order valence-corrected chi connectivity index (χ4v) is 4.83. The Kier molecular flexibility index (Phi) is 28.4. The van der Waals surface area contributed by atoms with Crippen molar-refractivity contribution < 1.29 is 17.4 Å². The summed E-state index contributed by atoms with van der Waals surface area (Å²) in [5, 5.41) is -2.63. The minimum atomic E-state index is -4.74. The molecule has 0 radical (unpaired) electrons. The first-order valence-corrected chi connectivity index (χ1v) is 16.4. The van der Waals surface area contributed by atoms with Gasteiger partial charge in [0.15, 0.2) is 0 Å². The van der Waals surface area contributed by atoms with Gasteiger partial charge >= 0.3 is 10.1 Å². The Bertz CT molecular complexity index is 595. The van der Waals surface area contributed by atoms with Crippen molar-refractivity contribution in [3.63, 3.8) is 0 Å². The van der Waals surface area contributed by atoms with E-state index in [0.29, 0.717) is 19.4 Å². The third kappa shape index (κ3) is 25.0. The van der Waals surface area contributed by atoms with Gasteiger partial charge in [-0.3, -0.25) is 4.55 Å². The van der Waals surface area contributed by atoms with Crippen LogP contribution in [0.2, 0.25) is 0 Å². The Hall–Kier alpha value is -0.720. The summed E-state index contributed by atoms with van der Waals surface area (Å²) in [6.45, 7) is 8.33. The van der Waals surface area contributed by atoms with E-state index in [-0.39, 0.29) is 6.42 Å². The molecule has 0 heterocycles. The Morgan fingerprint density at radius 2 is 1.06 bits per heavy atom. The van der Waals surface area contributed by atoms with Gasteiger partial charge in [0.25, 0.3) is 5.00 Å². The first-order chi connectivity index (χ1) is 17.3. The summed E-state index contributed by atoms with van der Waals surface area (Å²) in [7, 11) is -4.74. The topological polar surface area (TPSA) is 80.4 Å². The Morgan fingerprint density at radius 3 is 1.39 bits per heavy atom. The summed E-state index contributed by atoms with van der Waals surface area (Å²) >= 11 is 0. The molecule has 1 unspecified atom stereocenters. The number of unbranched alkanes of at least 4 members (excludes halogenated alkanes) is 19. The summed E-state index contributed by atoms with van der Waals surface area (Å²) in [6, 6.07) is 0. The van der Waals surface area contributed by atoms with Crippen molar-refractivity contribution in [2.24, 2.45) is 5.73 Å². The monoisotopic (exact) mass is 533 g/mol. The van der Waals surface area contributed by atoms with Gasteiger partial charge in [-0.1, -0.05) is 142 Å².